The van der Waals surface area contributed by atoms with Crippen molar-refractivity contribution in [3.8, 4) is 22.3 Å². The van der Waals surface area contributed by atoms with Gasteiger partial charge in [-0.15, -0.1) is 0 Å². The molecule has 1 N–H and O–H groups in total. The molecule has 0 aliphatic rings. The molecule has 0 spiro atoms. The smallest absolute Gasteiger partial charge is 0.0887 e. The van der Waals surface area contributed by atoms with Gasteiger partial charge in [-0.25, -0.2) is 0 Å². The molecule has 0 unspecified atom stereocenters. The number of benzene rings is 14. The summed E-state index contributed by atoms with van der Waals surface area (Å²) in [5.41, 5.74) is 30.7. The molecule has 0 radical (unpaired) electrons. The van der Waals surface area contributed by atoms with Crippen molar-refractivity contribution in [1.82, 2.24) is 0 Å². The molecule has 0 saturated carbocycles. The van der Waals surface area contributed by atoms with Gasteiger partial charge < -0.3 is 27.4 Å². The van der Waals surface area contributed by atoms with E-state index in [1.54, 1.807) is 0 Å². The van der Waals surface area contributed by atoms with Crippen molar-refractivity contribution in [2.24, 2.45) is 0 Å². The number of rotatable bonds is 17. The normalized spacial score (nSPS) is 12.1. The molecule has 14 aromatic rings. The van der Waals surface area contributed by atoms with Gasteiger partial charge >= 0.3 is 0 Å². The monoisotopic (exact) mass is 1700 g/mol. The van der Waals surface area contributed by atoms with Crippen molar-refractivity contribution in [3.05, 3.63) is 417 Å². The van der Waals surface area contributed by atoms with E-state index in [4.69, 9.17) is 34.8 Å². The van der Waals surface area contributed by atoms with E-state index < -0.39 is 0 Å². The van der Waals surface area contributed by atoms with Gasteiger partial charge in [-0.3, -0.25) is 0 Å². The minimum Gasteiger partial charge on any atom is -0.358 e. The third kappa shape index (κ3) is 22.1. The first-order valence-corrected chi connectivity index (χ1v) is 44.6. The molecule has 0 atom stereocenters. The molecule has 0 fully saturated rings. The van der Waals surface area contributed by atoms with E-state index in [1.165, 1.54) is 55.6 Å². The van der Waals surface area contributed by atoms with Crippen molar-refractivity contribution < 1.29 is 0 Å². The predicted molar refractivity (Wildman–Crippen MR) is 544 cm³/mol. The van der Waals surface area contributed by atoms with E-state index in [1.807, 2.05) is 6.07 Å². The van der Waals surface area contributed by atoms with Crippen molar-refractivity contribution in [3.63, 3.8) is 0 Å². The Labute approximate surface area is 760 Å². The van der Waals surface area contributed by atoms with Gasteiger partial charge in [-0.1, -0.05) is 393 Å². The zero-order valence-electron chi connectivity index (χ0n) is 78.2. The number of nitrogens with one attached hydrogen (secondary N) is 1. The molecule has 0 heterocycles. The summed E-state index contributed by atoms with van der Waals surface area (Å²) in [6, 6.07) is 118. The van der Waals surface area contributed by atoms with Crippen LogP contribution in [0.25, 0.3) is 22.3 Å². The Morgan fingerprint density at radius 2 is 0.492 bits per heavy atom. The summed E-state index contributed by atoms with van der Waals surface area (Å²) in [5, 5.41) is 5.20. The van der Waals surface area contributed by atoms with Gasteiger partial charge in [0.1, 0.15) is 0 Å². The van der Waals surface area contributed by atoms with Crippen LogP contribution in [0.15, 0.2) is 328 Å². The second-order valence-electron chi connectivity index (χ2n) is 40.4. The fourth-order valence-corrected chi connectivity index (χ4v) is 16.6. The lowest BCUT2D eigenvalue weighted by Gasteiger charge is -2.34. The van der Waals surface area contributed by atoms with Gasteiger partial charge in [0, 0.05) is 56.1 Å². The number of hydrogen-bond acceptors (Lipinski definition) is 4. The van der Waals surface area contributed by atoms with Crippen LogP contribution >= 0.6 is 34.8 Å². The molecule has 0 amide bonds. The predicted octanol–water partition coefficient (Wildman–Crippen LogP) is 36.0. The van der Waals surface area contributed by atoms with Crippen LogP contribution in [-0.4, -0.2) is 0 Å². The second kappa shape index (κ2) is 37.9. The van der Waals surface area contributed by atoms with E-state index >= 15 is 0 Å². The van der Waals surface area contributed by atoms with Crippen molar-refractivity contribution in [2.75, 3.05) is 20.0 Å². The first kappa shape index (κ1) is 93.8. The van der Waals surface area contributed by atoms with E-state index in [-0.39, 0.29) is 50.7 Å². The van der Waals surface area contributed by atoms with Crippen LogP contribution in [0.5, 0.6) is 0 Å². The Balaban J connectivity index is 0.000000203. The maximum Gasteiger partial charge on any atom is 0.0887 e. The SMILES string of the molecule is CC(C)(C)c1ccc(Nc2ccc(C(C)(C)C)cc2)cc1.Cc1cc(Cl)c(Cl)c(N(c2cccc(C(C)(C)c3ccccc3)c2)c2ccc(C(C)(C)C)cc2-c2ccccc2)c1.Cc1cc(N(c2ccc(C(C)(C)C)cc2)c2ccc(C(C)(C)C)cc2)c(Cl)c(N(c2cccc(C(C)(C)c3ccccc3)c2)c2ccc(C(C)(C)C)cc2-c2ccccc2)c1.[CH3-]. The molecule has 0 aliphatic heterocycles. The molecule has 640 valence electrons. The Kier molecular flexibility index (Phi) is 28.7. The Bertz CT molecular complexity index is 5800. The zero-order chi connectivity index (χ0) is 88.9. The molecule has 0 bridgehead atoms. The maximum absolute atomic E-state index is 8.02. The Morgan fingerprint density at radius 1 is 0.218 bits per heavy atom. The molecule has 14 aromatic carbocycles. The number of anilines is 11. The fourth-order valence-electron chi connectivity index (χ4n) is 15.9. The minimum atomic E-state index is -0.252. The summed E-state index contributed by atoms with van der Waals surface area (Å²) in [7, 11) is 0. The summed E-state index contributed by atoms with van der Waals surface area (Å²) in [6.45, 7) is 54.0. The average molecular weight is 1700 g/mol. The quantitative estimate of drug-likeness (QED) is 0.0917. The maximum atomic E-state index is 8.02. The van der Waals surface area contributed by atoms with E-state index in [0.29, 0.717) is 15.1 Å². The summed E-state index contributed by atoms with van der Waals surface area (Å²) >= 11 is 21.7. The Hall–Kier alpha value is -10.9. The highest BCUT2D eigenvalue weighted by Crippen LogP contribution is 2.53. The van der Waals surface area contributed by atoms with Crippen LogP contribution in [0.4, 0.5) is 62.6 Å². The standard InChI is InChI=1S/C58H63ClN2.C38H37Cl2N.C20H27N.CH3/c1-40-36-52(60(47-31-26-42(27-32-47)55(2,3)4)48-33-28-43(29-34-48)56(5,6)7)54(59)53(37-40)61(49-25-19-24-46(38-49)58(11,12)44-22-17-14-18-23-44)51-35-30-45(57(8,9)10)39-50(51)41-20-15-13-16-21-41;1-26-22-33(39)36(40)35(23-26)41(31-19-13-18-30(24-31)38(5,6)28-16-11-8-12-17-28)34-21-20-29(37(2,3)4)25-32(34)27-14-9-7-10-15-27;1-19(2,3)15-7-11-17(12-8-15)21-18-13-9-16(10-14-18)20(4,5)6;/h13-39H,1-12H3;7-25H,1-6H3;7-14,21H,1-6H3;1H3/q;;;-1. The molecule has 4 nitrogen and oxygen atoms in total. The topological polar surface area (TPSA) is 21.8 Å². The van der Waals surface area contributed by atoms with Gasteiger partial charge in [-0.05, 0) is 246 Å². The number of aryl methyl sites for hydroxylation is 2. The molecule has 124 heavy (non-hydrogen) atoms. The van der Waals surface area contributed by atoms with Crippen LogP contribution in [0.3, 0.4) is 0 Å². The zero-order valence-corrected chi connectivity index (χ0v) is 80.4. The molecule has 0 saturated heterocycles. The lowest BCUT2D eigenvalue weighted by Crippen LogP contribution is -2.20. The van der Waals surface area contributed by atoms with E-state index in [0.717, 1.165) is 95.9 Å². The van der Waals surface area contributed by atoms with Crippen LogP contribution < -0.4 is 20.0 Å². The third-order valence-corrected chi connectivity index (χ3v) is 25.0. The number of hydrogen-bond donors (Lipinski definition) is 1. The van der Waals surface area contributed by atoms with Gasteiger partial charge in [0.2, 0.25) is 0 Å². The van der Waals surface area contributed by atoms with Crippen molar-refractivity contribution >= 4 is 97.4 Å². The van der Waals surface area contributed by atoms with Gasteiger partial charge in [0.05, 0.1) is 43.5 Å². The molecule has 14 rings (SSSR count). The van der Waals surface area contributed by atoms with Crippen LogP contribution in [0.1, 0.15) is 219 Å². The largest absolute Gasteiger partial charge is 0.358 e. The van der Waals surface area contributed by atoms with Gasteiger partial charge in [0.15, 0.2) is 0 Å². The number of nitrogens with zero attached hydrogens (tertiary/aromatic N) is 3. The highest BCUT2D eigenvalue weighted by Gasteiger charge is 2.33. The third-order valence-electron chi connectivity index (χ3n) is 23.8. The summed E-state index contributed by atoms with van der Waals surface area (Å²) in [4.78, 5) is 6.98. The fraction of sp³-hybridized carbons (Fsp3) is 0.274. The second-order valence-corrected chi connectivity index (χ2v) is 41.5. The highest BCUT2D eigenvalue weighted by molar-refractivity contribution is 6.44. The van der Waals surface area contributed by atoms with Crippen LogP contribution in [0, 0.1) is 21.3 Å². The van der Waals surface area contributed by atoms with Crippen molar-refractivity contribution in [2.45, 2.75) is 209 Å². The lowest BCUT2D eigenvalue weighted by molar-refractivity contribution is 0.590. The van der Waals surface area contributed by atoms with Gasteiger partial charge in [-0.2, -0.15) is 0 Å². The summed E-state index contributed by atoms with van der Waals surface area (Å²) in [5.74, 6) is 0. The van der Waals surface area contributed by atoms with E-state index in [2.05, 4.69) is 508 Å². The summed E-state index contributed by atoms with van der Waals surface area (Å²) in [6.07, 6.45) is 0. The van der Waals surface area contributed by atoms with Gasteiger partial charge in [0.25, 0.3) is 0 Å². The average Bonchev–Trinajstić information content (AvgIpc) is 0.751. The first-order chi connectivity index (χ1) is 57.9. The molecular formula is C117H130Cl3N4-. The van der Waals surface area contributed by atoms with E-state index in [9.17, 15) is 0 Å². The molecule has 7 heteroatoms. The number of halogens is 3. The first-order valence-electron chi connectivity index (χ1n) is 43.4. The minimum absolute atomic E-state index is 0. The summed E-state index contributed by atoms with van der Waals surface area (Å²) < 4.78 is 0. The lowest BCUT2D eigenvalue weighted by atomic mass is 9.78. The highest BCUT2D eigenvalue weighted by atomic mass is 35.5. The van der Waals surface area contributed by atoms with Crippen LogP contribution in [0.2, 0.25) is 15.1 Å². The molecule has 0 aliphatic carbocycles. The molecular weight excluding hydrogens is 1570 g/mol. The Morgan fingerprint density at radius 3 is 0.815 bits per heavy atom. The van der Waals surface area contributed by atoms with Crippen molar-refractivity contribution in [1.29, 1.82) is 0 Å². The van der Waals surface area contributed by atoms with Crippen LogP contribution in [-0.2, 0) is 43.3 Å². The molecule has 0 aromatic heterocycles.